The van der Waals surface area contributed by atoms with Gasteiger partial charge in [0.25, 0.3) is 5.91 Å². The summed E-state index contributed by atoms with van der Waals surface area (Å²) < 4.78 is 0. The van der Waals surface area contributed by atoms with E-state index >= 15 is 0 Å². The molecule has 2 rings (SSSR count). The predicted octanol–water partition coefficient (Wildman–Crippen LogP) is 3.41. The molecule has 6 nitrogen and oxygen atoms in total. The monoisotopic (exact) mass is 382 g/mol. The van der Waals surface area contributed by atoms with Crippen LogP contribution in [0.1, 0.15) is 41.8 Å². The van der Waals surface area contributed by atoms with Gasteiger partial charge in [0.1, 0.15) is 6.04 Å². The molecular weight excluding hydrogens is 356 g/mol. The van der Waals surface area contributed by atoms with Crippen molar-refractivity contribution in [3.8, 4) is 0 Å². The molecule has 0 saturated carbocycles. The lowest BCUT2D eigenvalue weighted by Gasteiger charge is -2.22. The molecule has 0 aliphatic rings. The lowest BCUT2D eigenvalue weighted by atomic mass is 10.0. The highest BCUT2D eigenvalue weighted by Crippen LogP contribution is 2.14. The van der Waals surface area contributed by atoms with Crippen molar-refractivity contribution in [2.24, 2.45) is 5.92 Å². The molecule has 2 aromatic carbocycles. The first-order valence-corrected chi connectivity index (χ1v) is 9.25. The zero-order valence-electron chi connectivity index (χ0n) is 16.4. The number of nitrogens with one attached hydrogen (secondary N) is 2. The third-order valence-corrected chi connectivity index (χ3v) is 4.37. The van der Waals surface area contributed by atoms with Crippen molar-refractivity contribution in [3.63, 3.8) is 0 Å². The van der Waals surface area contributed by atoms with E-state index in [-0.39, 0.29) is 24.2 Å². The Labute approximate surface area is 165 Å². The number of amides is 2. The van der Waals surface area contributed by atoms with Gasteiger partial charge < -0.3 is 15.7 Å². The minimum Gasteiger partial charge on any atom is -0.481 e. The number of benzene rings is 2. The normalized spacial score (nSPS) is 11.7. The summed E-state index contributed by atoms with van der Waals surface area (Å²) in [6.45, 7) is 5.65. The average Bonchev–Trinajstić information content (AvgIpc) is 2.65. The summed E-state index contributed by atoms with van der Waals surface area (Å²) in [6, 6.07) is 13.6. The van der Waals surface area contributed by atoms with E-state index in [1.54, 1.807) is 42.5 Å². The number of aryl methyl sites for hydroxylation is 2. The molecule has 2 aromatic rings. The molecule has 0 aliphatic carbocycles. The smallest absolute Gasteiger partial charge is 0.303 e. The zero-order chi connectivity index (χ0) is 20.7. The summed E-state index contributed by atoms with van der Waals surface area (Å²) >= 11 is 0. The molecule has 1 atom stereocenters. The minimum atomic E-state index is -0.846. The van der Waals surface area contributed by atoms with E-state index in [1.165, 1.54) is 0 Å². The van der Waals surface area contributed by atoms with Gasteiger partial charge in [0.15, 0.2) is 0 Å². The Kier molecular flexibility index (Phi) is 7.32. The van der Waals surface area contributed by atoms with E-state index in [2.05, 4.69) is 10.6 Å². The number of aliphatic carboxylic acids is 1. The van der Waals surface area contributed by atoms with Crippen molar-refractivity contribution >= 4 is 23.5 Å². The van der Waals surface area contributed by atoms with Crippen molar-refractivity contribution in [3.05, 3.63) is 65.2 Å². The van der Waals surface area contributed by atoms with Gasteiger partial charge in [-0.1, -0.05) is 43.7 Å². The second-order valence-corrected chi connectivity index (χ2v) is 7.14. The first-order valence-electron chi connectivity index (χ1n) is 9.25. The number of carboxylic acid groups (broad SMARTS) is 1. The third-order valence-electron chi connectivity index (χ3n) is 4.37. The molecule has 1 unspecified atom stereocenters. The van der Waals surface area contributed by atoms with Crippen LogP contribution in [0.5, 0.6) is 0 Å². The van der Waals surface area contributed by atoms with E-state index in [9.17, 15) is 14.4 Å². The largest absolute Gasteiger partial charge is 0.481 e. The molecule has 148 valence electrons. The van der Waals surface area contributed by atoms with Gasteiger partial charge in [-0.15, -0.1) is 0 Å². The highest BCUT2D eigenvalue weighted by atomic mass is 16.4. The number of carbonyl (C=O) groups excluding carboxylic acids is 2. The first kappa shape index (κ1) is 21.2. The molecule has 0 aliphatic heterocycles. The van der Waals surface area contributed by atoms with Gasteiger partial charge in [0.05, 0.1) is 0 Å². The van der Waals surface area contributed by atoms with Gasteiger partial charge >= 0.3 is 5.97 Å². The number of carbonyl (C=O) groups is 3. The topological polar surface area (TPSA) is 95.5 Å². The molecule has 0 fully saturated rings. The van der Waals surface area contributed by atoms with Gasteiger partial charge in [0.2, 0.25) is 5.91 Å². The number of hydrogen-bond acceptors (Lipinski definition) is 3. The Morgan fingerprint density at radius 3 is 2.29 bits per heavy atom. The van der Waals surface area contributed by atoms with Crippen molar-refractivity contribution < 1.29 is 19.5 Å². The summed E-state index contributed by atoms with van der Waals surface area (Å²) in [5.74, 6) is -1.53. The van der Waals surface area contributed by atoms with Crippen LogP contribution < -0.4 is 10.6 Å². The first-order chi connectivity index (χ1) is 13.3. The maximum Gasteiger partial charge on any atom is 0.303 e. The van der Waals surface area contributed by atoms with Gasteiger partial charge in [-0.3, -0.25) is 14.4 Å². The molecule has 0 spiro atoms. The molecule has 0 aromatic heterocycles. The van der Waals surface area contributed by atoms with Gasteiger partial charge in [-0.25, -0.2) is 0 Å². The van der Waals surface area contributed by atoms with Crippen LogP contribution in [0.15, 0.2) is 48.5 Å². The predicted molar refractivity (Wildman–Crippen MR) is 108 cm³/mol. The van der Waals surface area contributed by atoms with E-state index < -0.39 is 12.0 Å². The van der Waals surface area contributed by atoms with Gasteiger partial charge in [-0.2, -0.15) is 0 Å². The Bertz CT molecular complexity index is 844. The van der Waals surface area contributed by atoms with Crippen LogP contribution in [0.4, 0.5) is 5.69 Å². The van der Waals surface area contributed by atoms with E-state index in [1.807, 2.05) is 26.8 Å². The molecule has 28 heavy (non-hydrogen) atoms. The number of anilines is 1. The fourth-order valence-corrected chi connectivity index (χ4v) is 2.77. The van der Waals surface area contributed by atoms with E-state index in [0.29, 0.717) is 17.7 Å². The maximum atomic E-state index is 12.7. The number of carboxylic acids is 1. The van der Waals surface area contributed by atoms with Crippen LogP contribution in [-0.2, 0) is 16.0 Å². The quantitative estimate of drug-likeness (QED) is 0.652. The van der Waals surface area contributed by atoms with Crippen LogP contribution >= 0.6 is 0 Å². The second-order valence-electron chi connectivity index (χ2n) is 7.14. The summed E-state index contributed by atoms with van der Waals surface area (Å²) in [4.78, 5) is 35.8. The Hall–Kier alpha value is -3.15. The van der Waals surface area contributed by atoms with Crippen LogP contribution in [-0.4, -0.2) is 28.9 Å². The summed E-state index contributed by atoms with van der Waals surface area (Å²) in [5, 5.41) is 14.4. The van der Waals surface area contributed by atoms with Gasteiger partial charge in [0, 0.05) is 17.7 Å². The molecule has 6 heteroatoms. The second kappa shape index (κ2) is 9.69. The standard InChI is InChI=1S/C22H26N2O4/c1-14(2)20(24-21(27)17-6-4-5-15(3)13-17)22(28)23-18-10-7-16(8-11-18)9-12-19(25)26/h4-8,10-11,13-14,20H,9,12H2,1-3H3,(H,23,28)(H,24,27)(H,25,26). The van der Waals surface area contributed by atoms with Crippen LogP contribution in [0.2, 0.25) is 0 Å². The third kappa shape index (κ3) is 6.23. The summed E-state index contributed by atoms with van der Waals surface area (Å²) in [7, 11) is 0. The average molecular weight is 382 g/mol. The summed E-state index contributed by atoms with van der Waals surface area (Å²) in [5.41, 5.74) is 2.97. The minimum absolute atomic E-state index is 0.0616. The zero-order valence-corrected chi connectivity index (χ0v) is 16.4. The molecule has 2 amide bonds. The molecule has 0 saturated heterocycles. The summed E-state index contributed by atoms with van der Waals surface area (Å²) in [6.07, 6.45) is 0.497. The molecular formula is C22H26N2O4. The highest BCUT2D eigenvalue weighted by molar-refractivity contribution is 6.01. The fraction of sp³-hybridized carbons (Fsp3) is 0.318. The molecule has 0 heterocycles. The molecule has 3 N–H and O–H groups in total. The van der Waals surface area contributed by atoms with E-state index in [0.717, 1.165) is 11.1 Å². The van der Waals surface area contributed by atoms with Crippen LogP contribution in [0, 0.1) is 12.8 Å². The highest BCUT2D eigenvalue weighted by Gasteiger charge is 2.24. The van der Waals surface area contributed by atoms with E-state index in [4.69, 9.17) is 5.11 Å². The Morgan fingerprint density at radius 1 is 1.04 bits per heavy atom. The van der Waals surface area contributed by atoms with Crippen molar-refractivity contribution in [1.82, 2.24) is 5.32 Å². The Balaban J connectivity index is 2.02. The lowest BCUT2D eigenvalue weighted by Crippen LogP contribution is -2.47. The van der Waals surface area contributed by atoms with Crippen LogP contribution in [0.25, 0.3) is 0 Å². The van der Waals surface area contributed by atoms with Gasteiger partial charge in [-0.05, 0) is 49.1 Å². The molecule has 0 radical (unpaired) electrons. The number of hydrogen-bond donors (Lipinski definition) is 3. The van der Waals surface area contributed by atoms with Crippen LogP contribution in [0.3, 0.4) is 0 Å². The SMILES string of the molecule is Cc1cccc(C(=O)NC(C(=O)Nc2ccc(CCC(=O)O)cc2)C(C)C)c1. The van der Waals surface area contributed by atoms with Crippen molar-refractivity contribution in [1.29, 1.82) is 0 Å². The maximum absolute atomic E-state index is 12.7. The van der Waals surface area contributed by atoms with Crippen molar-refractivity contribution in [2.45, 2.75) is 39.7 Å². The fourth-order valence-electron chi connectivity index (χ4n) is 2.77. The van der Waals surface area contributed by atoms with Crippen molar-refractivity contribution in [2.75, 3.05) is 5.32 Å². The Morgan fingerprint density at radius 2 is 1.71 bits per heavy atom. The molecule has 0 bridgehead atoms. The number of rotatable bonds is 8. The lowest BCUT2D eigenvalue weighted by molar-refractivity contribution is -0.137.